The first-order valence-corrected chi connectivity index (χ1v) is 14.4. The topological polar surface area (TPSA) is 78.8 Å². The van der Waals surface area contributed by atoms with Gasteiger partial charge in [0.2, 0.25) is 0 Å². The van der Waals surface area contributed by atoms with Gasteiger partial charge in [0.05, 0.1) is 19.1 Å². The zero-order valence-corrected chi connectivity index (χ0v) is 23.7. The smallest absolute Gasteiger partial charge is 0.162 e. The number of Topliss-reactive ketones (excluding diaryl/α,β-unsaturated/α-hetero) is 1. The third-order valence-electron chi connectivity index (χ3n) is 9.27. The van der Waals surface area contributed by atoms with Crippen LogP contribution >= 0.6 is 0 Å². The Kier molecular flexibility index (Phi) is 7.31. The maximum atomic E-state index is 12.5. The number of hydrogen-bond acceptors (Lipinski definition) is 5. The molecule has 210 valence electrons. The van der Waals surface area contributed by atoms with Crippen LogP contribution in [-0.4, -0.2) is 23.1 Å². The number of carbonyl (C=O) groups is 1. The number of allylic oxidation sites excluding steroid dienone is 4. The zero-order valence-electron chi connectivity index (χ0n) is 23.7. The molecule has 3 aliphatic rings. The second-order valence-electron chi connectivity index (χ2n) is 11.7. The number of aryl methyl sites for hydroxylation is 1. The Morgan fingerprint density at radius 1 is 0.976 bits per heavy atom. The van der Waals surface area contributed by atoms with E-state index < -0.39 is 0 Å². The Hall–Kier alpha value is -4.09. The minimum atomic E-state index is -0.134. The van der Waals surface area contributed by atoms with Crippen molar-refractivity contribution in [2.24, 2.45) is 17.8 Å². The maximum absolute atomic E-state index is 12.5. The molecule has 0 spiro atoms. The fourth-order valence-corrected chi connectivity index (χ4v) is 7.15. The molecule has 3 unspecified atom stereocenters. The van der Waals surface area contributed by atoms with Gasteiger partial charge in [-0.2, -0.15) is 0 Å². The minimum absolute atomic E-state index is 0.00449. The van der Waals surface area contributed by atoms with Crippen molar-refractivity contribution in [2.45, 2.75) is 45.7 Å². The van der Waals surface area contributed by atoms with Crippen LogP contribution in [0.5, 0.6) is 5.75 Å². The van der Waals surface area contributed by atoms with E-state index in [0.29, 0.717) is 24.2 Å². The van der Waals surface area contributed by atoms with Crippen molar-refractivity contribution in [1.29, 1.82) is 0 Å². The van der Waals surface area contributed by atoms with Gasteiger partial charge >= 0.3 is 0 Å². The highest BCUT2D eigenvalue weighted by atomic mass is 16.5. The van der Waals surface area contributed by atoms with E-state index in [2.05, 4.69) is 67.4 Å². The summed E-state index contributed by atoms with van der Waals surface area (Å²) >= 11 is 0. The lowest BCUT2D eigenvalue weighted by atomic mass is 9.61. The molecule has 0 amide bonds. The highest BCUT2D eigenvalue weighted by molar-refractivity contribution is 5.96. The molecular formula is C36H37NO4. The second kappa shape index (κ2) is 11.1. The Morgan fingerprint density at radius 3 is 2.32 bits per heavy atom. The summed E-state index contributed by atoms with van der Waals surface area (Å²) in [5, 5.41) is 24.5. The van der Waals surface area contributed by atoms with Crippen LogP contribution in [-0.2, 0) is 24.3 Å². The van der Waals surface area contributed by atoms with E-state index in [9.17, 15) is 15.0 Å². The van der Waals surface area contributed by atoms with Crippen molar-refractivity contribution in [3.63, 3.8) is 0 Å². The van der Waals surface area contributed by atoms with Gasteiger partial charge in [0.1, 0.15) is 5.75 Å². The van der Waals surface area contributed by atoms with Crippen LogP contribution in [0.3, 0.4) is 0 Å². The van der Waals surface area contributed by atoms with E-state index in [4.69, 9.17) is 4.74 Å². The average Bonchev–Trinajstić information content (AvgIpc) is 2.98. The quantitative estimate of drug-likeness (QED) is 0.221. The summed E-state index contributed by atoms with van der Waals surface area (Å²) in [5.74, 6) is 1.31. The fourth-order valence-electron chi connectivity index (χ4n) is 7.15. The Balaban J connectivity index is 1.23. The summed E-state index contributed by atoms with van der Waals surface area (Å²) in [6, 6.07) is 21.2. The number of rotatable bonds is 6. The number of ketones is 1. The molecule has 3 atom stereocenters. The standard InChI is InChI=1S/C36H37NO4/c1-21-4-13-30(25-9-5-23(6-10-25)18-37-19-24-7-11-29(41-3)12-8-24)32-15-27-14-26-17-33(39)28(20-38)16-31(26)36(40)35(27)22(2)34(21)32/h4-13,20,26-27,31,37-38,40H,2,14-19H2,1,3H3/b28-20+. The summed E-state index contributed by atoms with van der Waals surface area (Å²) in [6.07, 6.45) is 3.35. The summed E-state index contributed by atoms with van der Waals surface area (Å²) in [6.45, 7) is 8.17. The Bertz CT molecular complexity index is 1560. The summed E-state index contributed by atoms with van der Waals surface area (Å²) in [7, 11) is 1.68. The van der Waals surface area contributed by atoms with Gasteiger partial charge in [0, 0.05) is 36.6 Å². The van der Waals surface area contributed by atoms with Gasteiger partial charge in [0.15, 0.2) is 5.78 Å². The molecule has 3 aliphatic carbocycles. The first kappa shape index (κ1) is 27.1. The van der Waals surface area contributed by atoms with Gasteiger partial charge in [-0.3, -0.25) is 4.79 Å². The van der Waals surface area contributed by atoms with E-state index in [-0.39, 0.29) is 23.5 Å². The molecule has 0 heterocycles. The van der Waals surface area contributed by atoms with Crippen LogP contribution in [0.15, 0.2) is 90.4 Å². The molecule has 0 aliphatic heterocycles. The molecule has 3 aromatic carbocycles. The van der Waals surface area contributed by atoms with Crippen LogP contribution in [0.25, 0.3) is 16.7 Å². The normalized spacial score (nSPS) is 22.8. The maximum Gasteiger partial charge on any atom is 0.162 e. The molecule has 3 N–H and O–H groups in total. The van der Waals surface area contributed by atoms with Crippen LogP contribution in [0, 0.1) is 24.7 Å². The van der Waals surface area contributed by atoms with E-state index in [0.717, 1.165) is 60.2 Å². The highest BCUT2D eigenvalue weighted by Gasteiger charge is 2.45. The number of carbonyl (C=O) groups excluding carboxylic acids is 1. The van der Waals surface area contributed by atoms with E-state index in [1.807, 2.05) is 12.1 Å². The lowest BCUT2D eigenvalue weighted by Crippen LogP contribution is -2.37. The van der Waals surface area contributed by atoms with Crippen molar-refractivity contribution in [1.82, 2.24) is 5.32 Å². The van der Waals surface area contributed by atoms with Gasteiger partial charge in [-0.05, 0) is 94.7 Å². The van der Waals surface area contributed by atoms with Gasteiger partial charge in [0.25, 0.3) is 0 Å². The monoisotopic (exact) mass is 547 g/mol. The molecule has 5 nitrogen and oxygen atoms in total. The van der Waals surface area contributed by atoms with E-state index in [1.54, 1.807) is 7.11 Å². The molecule has 0 radical (unpaired) electrons. The number of aliphatic hydroxyl groups is 2. The highest BCUT2D eigenvalue weighted by Crippen LogP contribution is 2.53. The molecule has 6 rings (SSSR count). The lowest BCUT2D eigenvalue weighted by molar-refractivity contribution is -0.118. The van der Waals surface area contributed by atoms with E-state index >= 15 is 0 Å². The summed E-state index contributed by atoms with van der Waals surface area (Å²) < 4.78 is 5.24. The first-order chi connectivity index (χ1) is 19.9. The fraction of sp³-hybridized carbons (Fsp3) is 0.306. The van der Waals surface area contributed by atoms with Crippen molar-refractivity contribution in [2.75, 3.05) is 7.11 Å². The second-order valence-corrected chi connectivity index (χ2v) is 11.7. The average molecular weight is 548 g/mol. The number of methoxy groups -OCH3 is 1. The third-order valence-corrected chi connectivity index (χ3v) is 9.27. The number of ether oxygens (including phenoxy) is 1. The Labute approximate surface area is 241 Å². The predicted molar refractivity (Wildman–Crippen MR) is 163 cm³/mol. The number of aliphatic hydroxyl groups excluding tert-OH is 2. The first-order valence-electron chi connectivity index (χ1n) is 14.4. The third kappa shape index (κ3) is 5.00. The van der Waals surface area contributed by atoms with Crippen LogP contribution in [0.1, 0.15) is 47.1 Å². The van der Waals surface area contributed by atoms with Gasteiger partial charge in [-0.15, -0.1) is 0 Å². The van der Waals surface area contributed by atoms with Gasteiger partial charge < -0.3 is 20.3 Å². The number of hydrogen-bond donors (Lipinski definition) is 3. The molecule has 0 saturated heterocycles. The zero-order chi connectivity index (χ0) is 28.7. The lowest BCUT2D eigenvalue weighted by Gasteiger charge is -2.43. The SMILES string of the molecule is C=C1C2=C(O)C3C/C(=C\O)C(=O)CC3CC2Cc2c(-c3ccc(CNCc4ccc(OC)cc4)cc3)ccc(C)c21. The van der Waals surface area contributed by atoms with Crippen LogP contribution in [0.2, 0.25) is 0 Å². The number of nitrogens with one attached hydrogen (secondary N) is 1. The van der Waals surface area contributed by atoms with Crippen LogP contribution in [0.4, 0.5) is 0 Å². The largest absolute Gasteiger partial charge is 0.515 e. The summed E-state index contributed by atoms with van der Waals surface area (Å²) in [5.41, 5.74) is 10.6. The number of fused-ring (bicyclic) bond motifs is 3. The molecular weight excluding hydrogens is 510 g/mol. The summed E-state index contributed by atoms with van der Waals surface area (Å²) in [4.78, 5) is 12.5. The molecule has 0 aromatic heterocycles. The predicted octanol–water partition coefficient (Wildman–Crippen LogP) is 7.40. The van der Waals surface area contributed by atoms with Crippen molar-refractivity contribution < 1.29 is 19.7 Å². The van der Waals surface area contributed by atoms with Gasteiger partial charge in [-0.25, -0.2) is 0 Å². The minimum Gasteiger partial charge on any atom is -0.515 e. The van der Waals surface area contributed by atoms with E-state index in [1.165, 1.54) is 27.8 Å². The molecule has 1 fully saturated rings. The Morgan fingerprint density at radius 2 is 1.66 bits per heavy atom. The number of benzene rings is 3. The molecule has 41 heavy (non-hydrogen) atoms. The molecule has 1 saturated carbocycles. The molecule has 5 heteroatoms. The molecule has 0 bridgehead atoms. The van der Waals surface area contributed by atoms with Crippen molar-refractivity contribution in [3.8, 4) is 16.9 Å². The molecule has 3 aromatic rings. The van der Waals surface area contributed by atoms with Crippen LogP contribution < -0.4 is 10.1 Å². The van der Waals surface area contributed by atoms with Gasteiger partial charge in [-0.1, -0.05) is 55.1 Å². The van der Waals surface area contributed by atoms with Crippen molar-refractivity contribution in [3.05, 3.63) is 118 Å². The van der Waals surface area contributed by atoms with Crippen molar-refractivity contribution >= 4 is 11.4 Å².